The summed E-state index contributed by atoms with van der Waals surface area (Å²) in [6, 6.07) is 39.0. The van der Waals surface area contributed by atoms with Crippen molar-refractivity contribution in [2.45, 2.75) is 10.7 Å². The summed E-state index contributed by atoms with van der Waals surface area (Å²) in [5.74, 6) is 0.175. The minimum Gasteiger partial charge on any atom is -0.378 e. The van der Waals surface area contributed by atoms with Crippen LogP contribution in [0.3, 0.4) is 0 Å². The van der Waals surface area contributed by atoms with Crippen LogP contribution in [0.5, 0.6) is 0 Å². The highest BCUT2D eigenvalue weighted by molar-refractivity contribution is 8.10. The Morgan fingerprint density at radius 3 is 1.93 bits per heavy atom. The Bertz CT molecular complexity index is 1800. The fourth-order valence-electron chi connectivity index (χ4n) is 6.47. The maximum Gasteiger partial charge on any atom is 0.130 e. The van der Waals surface area contributed by atoms with Gasteiger partial charge in [0.05, 0.1) is 4.75 Å². The van der Waals surface area contributed by atoms with E-state index in [1.54, 1.807) is 6.08 Å². The van der Waals surface area contributed by atoms with Crippen LogP contribution in [0.15, 0.2) is 114 Å². The third-order valence-corrected chi connectivity index (χ3v) is 9.78. The maximum atomic E-state index is 9.15. The molecule has 190 valence electrons. The van der Waals surface area contributed by atoms with Gasteiger partial charge in [0.25, 0.3) is 0 Å². The number of thioether (sulfide) groups is 1. The predicted molar refractivity (Wildman–Crippen MR) is 164 cm³/mol. The Hall–Kier alpha value is -4.77. The Kier molecular flexibility index (Phi) is 5.56. The number of nitriles is 2. The lowest BCUT2D eigenvalue weighted by Gasteiger charge is -2.49. The molecule has 0 fully saturated rings. The summed E-state index contributed by atoms with van der Waals surface area (Å²) in [6.45, 7) is 0. The van der Waals surface area contributed by atoms with Crippen LogP contribution < -0.4 is 4.90 Å². The minimum atomic E-state index is -0.319. The van der Waals surface area contributed by atoms with Crippen molar-refractivity contribution in [2.24, 2.45) is 0 Å². The molecule has 0 unspecified atom stereocenters. The highest BCUT2D eigenvalue weighted by Crippen LogP contribution is 2.70. The van der Waals surface area contributed by atoms with Gasteiger partial charge in [0.2, 0.25) is 0 Å². The van der Waals surface area contributed by atoms with E-state index in [1.165, 1.54) is 49.6 Å². The molecule has 0 atom stereocenters. The molecular weight excluding hydrogens is 506 g/mol. The summed E-state index contributed by atoms with van der Waals surface area (Å²) in [5, 5.41) is 18.3. The zero-order chi connectivity index (χ0) is 27.4. The van der Waals surface area contributed by atoms with Gasteiger partial charge in [-0.15, -0.1) is 11.8 Å². The van der Waals surface area contributed by atoms with Crippen molar-refractivity contribution in [1.29, 1.82) is 10.5 Å². The van der Waals surface area contributed by atoms with Gasteiger partial charge in [-0.2, -0.15) is 10.5 Å². The molecule has 0 amide bonds. The molecule has 2 bridgehead atoms. The van der Waals surface area contributed by atoms with Crippen LogP contribution in [0.2, 0.25) is 0 Å². The van der Waals surface area contributed by atoms with Crippen molar-refractivity contribution in [2.75, 3.05) is 19.0 Å². The number of hydrogen-bond donors (Lipinski definition) is 0. The summed E-state index contributed by atoms with van der Waals surface area (Å²) in [5.41, 5.74) is 12.8. The van der Waals surface area contributed by atoms with Gasteiger partial charge < -0.3 is 4.90 Å². The molecule has 4 aliphatic rings. The SMILES string of the molecule is CN(C)c1ccc(C2=C3C=C(c4ccc(C=C(C#N)C#N)cc4)SC34c3ccccc3C2c2ccccc24)cc1. The van der Waals surface area contributed by atoms with E-state index in [1.807, 2.05) is 36.0 Å². The largest absolute Gasteiger partial charge is 0.378 e. The zero-order valence-electron chi connectivity index (χ0n) is 22.2. The molecule has 0 aromatic heterocycles. The van der Waals surface area contributed by atoms with Crippen LogP contribution in [0.1, 0.15) is 44.9 Å². The summed E-state index contributed by atoms with van der Waals surface area (Å²) in [7, 11) is 4.15. The van der Waals surface area contributed by atoms with E-state index < -0.39 is 0 Å². The van der Waals surface area contributed by atoms with Gasteiger partial charge in [0, 0.05) is 30.6 Å². The highest BCUT2D eigenvalue weighted by atomic mass is 32.2. The first-order valence-electron chi connectivity index (χ1n) is 13.3. The van der Waals surface area contributed by atoms with Crippen LogP contribution >= 0.6 is 11.8 Å². The van der Waals surface area contributed by atoms with E-state index >= 15 is 0 Å². The number of benzene rings is 4. The van der Waals surface area contributed by atoms with Gasteiger partial charge in [0.15, 0.2) is 0 Å². The first kappa shape index (κ1) is 24.3. The predicted octanol–water partition coefficient (Wildman–Crippen LogP) is 8.13. The first-order valence-corrected chi connectivity index (χ1v) is 14.1. The molecule has 0 N–H and O–H groups in total. The average Bonchev–Trinajstić information content (AvgIpc) is 3.42. The summed E-state index contributed by atoms with van der Waals surface area (Å²) in [4.78, 5) is 3.36. The van der Waals surface area contributed by atoms with Crippen LogP contribution in [-0.2, 0) is 4.75 Å². The van der Waals surface area contributed by atoms with Crippen molar-refractivity contribution >= 4 is 34.0 Å². The van der Waals surface area contributed by atoms with Crippen LogP contribution in [-0.4, -0.2) is 14.1 Å². The lowest BCUT2D eigenvalue weighted by molar-refractivity contribution is 0.761. The molecule has 3 nitrogen and oxygen atoms in total. The number of rotatable bonds is 4. The third-order valence-electron chi connectivity index (χ3n) is 8.24. The molecule has 0 saturated heterocycles. The number of allylic oxidation sites excluding steroid dienone is 3. The van der Waals surface area contributed by atoms with Crippen molar-refractivity contribution in [3.63, 3.8) is 0 Å². The molecule has 4 aromatic rings. The molecule has 8 rings (SSSR count). The second-order valence-corrected chi connectivity index (χ2v) is 11.8. The normalized spacial score (nSPS) is 19.5. The number of anilines is 1. The van der Waals surface area contributed by atoms with Crippen molar-refractivity contribution in [1.82, 2.24) is 0 Å². The smallest absolute Gasteiger partial charge is 0.130 e. The fraction of sp³-hybridized carbons (Fsp3) is 0.111. The first-order chi connectivity index (χ1) is 19.5. The molecular formula is C36H25N3S. The van der Waals surface area contributed by atoms with Gasteiger partial charge in [-0.05, 0) is 74.4 Å². The lowest BCUT2D eigenvalue weighted by atomic mass is 9.59. The van der Waals surface area contributed by atoms with Crippen LogP contribution in [0.4, 0.5) is 5.69 Å². The molecule has 0 radical (unpaired) electrons. The Labute approximate surface area is 239 Å². The molecule has 4 aromatic carbocycles. The number of hydrogen-bond acceptors (Lipinski definition) is 4. The Morgan fingerprint density at radius 1 is 0.775 bits per heavy atom. The molecule has 1 aliphatic heterocycles. The monoisotopic (exact) mass is 531 g/mol. The Balaban J connectivity index is 1.44. The van der Waals surface area contributed by atoms with E-state index in [4.69, 9.17) is 10.5 Å². The van der Waals surface area contributed by atoms with Crippen molar-refractivity contribution in [3.05, 3.63) is 153 Å². The van der Waals surface area contributed by atoms with Gasteiger partial charge in [-0.3, -0.25) is 0 Å². The standard InChI is InChI=1S/C36H25N3S/c1-39(2)27-17-15-26(16-18-27)34-32-20-33(25-13-11-23(12-14-25)19-24(21-37)22-38)40-36(32)30-9-5-3-7-28(30)35(34)29-8-4-6-10-31(29)36/h3-20,35H,1-2H3. The van der Waals surface area contributed by atoms with Crippen molar-refractivity contribution < 1.29 is 0 Å². The third kappa shape index (κ3) is 3.44. The topological polar surface area (TPSA) is 50.8 Å². The van der Waals surface area contributed by atoms with Crippen LogP contribution in [0.25, 0.3) is 16.6 Å². The Morgan fingerprint density at radius 2 is 1.35 bits per heavy atom. The number of nitrogens with zero attached hydrogens (tertiary/aromatic N) is 3. The maximum absolute atomic E-state index is 9.15. The van der Waals surface area contributed by atoms with Crippen molar-refractivity contribution in [3.8, 4) is 12.1 Å². The van der Waals surface area contributed by atoms with E-state index in [9.17, 15) is 0 Å². The molecule has 4 heteroatoms. The molecule has 1 spiro atoms. The summed E-state index contributed by atoms with van der Waals surface area (Å²) >= 11 is 1.93. The molecule has 40 heavy (non-hydrogen) atoms. The van der Waals surface area contributed by atoms with Gasteiger partial charge in [-0.25, -0.2) is 0 Å². The molecule has 1 heterocycles. The highest BCUT2D eigenvalue weighted by Gasteiger charge is 2.55. The fourth-order valence-corrected chi connectivity index (χ4v) is 8.10. The molecule has 0 saturated carbocycles. The minimum absolute atomic E-state index is 0.104. The van der Waals surface area contributed by atoms with Gasteiger partial charge >= 0.3 is 0 Å². The average molecular weight is 532 g/mol. The second kappa shape index (κ2) is 9.16. The van der Waals surface area contributed by atoms with Crippen LogP contribution in [0, 0.1) is 22.7 Å². The summed E-state index contributed by atoms with van der Waals surface area (Å²) in [6.07, 6.45) is 4.03. The summed E-state index contributed by atoms with van der Waals surface area (Å²) < 4.78 is -0.319. The lowest BCUT2D eigenvalue weighted by Crippen LogP contribution is -2.37. The van der Waals surface area contributed by atoms with Gasteiger partial charge in [-0.1, -0.05) is 84.9 Å². The van der Waals surface area contributed by atoms with Gasteiger partial charge in [0.1, 0.15) is 17.7 Å². The zero-order valence-corrected chi connectivity index (χ0v) is 23.0. The van der Waals surface area contributed by atoms with E-state index in [0.29, 0.717) is 0 Å². The van der Waals surface area contributed by atoms with E-state index in [0.717, 1.165) is 11.1 Å². The molecule has 3 aliphatic carbocycles. The quantitative estimate of drug-likeness (QED) is 0.250. The second-order valence-electron chi connectivity index (χ2n) is 10.6. The van der Waals surface area contributed by atoms with E-state index in [-0.39, 0.29) is 16.2 Å². The van der Waals surface area contributed by atoms with E-state index in [2.05, 4.69) is 110 Å².